The zero-order valence-electron chi connectivity index (χ0n) is 12.0. The molecule has 0 saturated carbocycles. The number of carbonyl (C=O) groups excluding carboxylic acids is 1. The minimum Gasteiger partial charge on any atom is -0.378 e. The quantitative estimate of drug-likeness (QED) is 0.342. The van der Waals surface area contributed by atoms with E-state index in [1.54, 1.807) is 0 Å². The van der Waals surface area contributed by atoms with Crippen molar-refractivity contribution in [1.82, 2.24) is 5.32 Å². The van der Waals surface area contributed by atoms with Gasteiger partial charge in [-0.05, 0) is 12.1 Å². The molecule has 1 rings (SSSR count). The van der Waals surface area contributed by atoms with E-state index in [0.29, 0.717) is 0 Å². The second-order valence-electron chi connectivity index (χ2n) is 4.52. The average molecular weight is 330 g/mol. The molecule has 10 heteroatoms. The van der Waals surface area contributed by atoms with Gasteiger partial charge in [0.2, 0.25) is 5.91 Å². The minimum atomic E-state index is -3.52. The molecule has 0 heterocycles. The molecule has 0 bridgehead atoms. The lowest BCUT2D eigenvalue weighted by molar-refractivity contribution is -0.384. The van der Waals surface area contributed by atoms with Crippen molar-refractivity contribution in [2.24, 2.45) is 5.73 Å². The number of anilines is 1. The van der Waals surface area contributed by atoms with Gasteiger partial charge in [-0.2, -0.15) is 0 Å². The molecule has 0 atom stereocenters. The van der Waals surface area contributed by atoms with Crippen LogP contribution in [0.15, 0.2) is 23.1 Å². The minimum absolute atomic E-state index is 0.124. The molecule has 1 aromatic carbocycles. The van der Waals surface area contributed by atoms with Gasteiger partial charge in [-0.3, -0.25) is 14.9 Å². The lowest BCUT2D eigenvalue weighted by Crippen LogP contribution is -2.30. The fourth-order valence-electron chi connectivity index (χ4n) is 1.66. The second-order valence-corrected chi connectivity index (χ2v) is 6.54. The zero-order valence-corrected chi connectivity index (χ0v) is 12.9. The Morgan fingerprint density at radius 2 is 2.05 bits per heavy atom. The molecule has 0 saturated heterocycles. The van der Waals surface area contributed by atoms with E-state index < -0.39 is 14.8 Å². The second kappa shape index (κ2) is 7.71. The number of nitrogens with zero attached hydrogens (tertiary/aromatic N) is 1. The monoisotopic (exact) mass is 330 g/mol. The van der Waals surface area contributed by atoms with Crippen LogP contribution >= 0.6 is 0 Å². The fourth-order valence-corrected chi connectivity index (χ4v) is 2.30. The molecule has 0 aliphatic heterocycles. The molecule has 4 N–H and O–H groups in total. The Labute approximate surface area is 128 Å². The predicted molar refractivity (Wildman–Crippen MR) is 81.4 cm³/mol. The Bertz CT molecular complexity index is 659. The van der Waals surface area contributed by atoms with Gasteiger partial charge in [0.15, 0.2) is 9.84 Å². The van der Waals surface area contributed by atoms with Crippen LogP contribution in [0.4, 0.5) is 11.4 Å². The number of nitro groups is 1. The number of amides is 1. The van der Waals surface area contributed by atoms with Gasteiger partial charge in [-0.25, -0.2) is 8.42 Å². The van der Waals surface area contributed by atoms with Crippen LogP contribution in [0.25, 0.3) is 0 Å². The number of nitrogens with two attached hydrogens (primary N) is 1. The van der Waals surface area contributed by atoms with Gasteiger partial charge in [0.25, 0.3) is 5.69 Å². The summed E-state index contributed by atoms with van der Waals surface area (Å²) in [6.07, 6.45) is 1.19. The van der Waals surface area contributed by atoms with Gasteiger partial charge < -0.3 is 16.4 Å². The van der Waals surface area contributed by atoms with E-state index in [-0.39, 0.29) is 48.2 Å². The summed E-state index contributed by atoms with van der Waals surface area (Å²) < 4.78 is 22.8. The summed E-state index contributed by atoms with van der Waals surface area (Å²) in [5.74, 6) is -0.203. The normalized spacial score (nSPS) is 11.0. The maximum atomic E-state index is 11.4. The van der Waals surface area contributed by atoms with Crippen LogP contribution in [-0.4, -0.2) is 45.1 Å². The van der Waals surface area contributed by atoms with Crippen molar-refractivity contribution in [1.29, 1.82) is 0 Å². The zero-order chi connectivity index (χ0) is 16.8. The van der Waals surface area contributed by atoms with Gasteiger partial charge in [0.05, 0.1) is 9.82 Å². The molecule has 0 unspecified atom stereocenters. The SMILES string of the molecule is CS(=O)(=O)c1ccc(NCCNC(=O)CCN)c([N+](=O)[O-])c1. The van der Waals surface area contributed by atoms with E-state index in [2.05, 4.69) is 10.6 Å². The molecule has 1 aromatic rings. The standard InChI is InChI=1S/C12H18N4O5S/c1-22(20,21)9-2-3-10(11(8-9)16(18)19)14-6-7-15-12(17)4-5-13/h2-3,8,14H,4-7,13H2,1H3,(H,15,17). The van der Waals surface area contributed by atoms with Crippen molar-refractivity contribution in [3.05, 3.63) is 28.3 Å². The van der Waals surface area contributed by atoms with E-state index in [4.69, 9.17) is 5.73 Å². The van der Waals surface area contributed by atoms with Crippen LogP contribution in [0, 0.1) is 10.1 Å². The number of benzene rings is 1. The molecular weight excluding hydrogens is 312 g/mol. The molecular formula is C12H18N4O5S. The van der Waals surface area contributed by atoms with Gasteiger partial charge in [-0.1, -0.05) is 0 Å². The van der Waals surface area contributed by atoms with E-state index in [1.165, 1.54) is 12.1 Å². The summed E-state index contributed by atoms with van der Waals surface area (Å²) in [5, 5.41) is 16.4. The summed E-state index contributed by atoms with van der Waals surface area (Å²) in [6.45, 7) is 0.775. The Hall–Kier alpha value is -2.20. The van der Waals surface area contributed by atoms with E-state index in [9.17, 15) is 23.3 Å². The number of hydrogen-bond donors (Lipinski definition) is 3. The van der Waals surface area contributed by atoms with Crippen LogP contribution in [0.5, 0.6) is 0 Å². The summed E-state index contributed by atoms with van der Waals surface area (Å²) in [5.41, 5.74) is 5.08. The van der Waals surface area contributed by atoms with Crippen molar-refractivity contribution in [2.45, 2.75) is 11.3 Å². The number of sulfone groups is 1. The average Bonchev–Trinajstić information content (AvgIpc) is 2.42. The number of nitro benzene ring substituents is 1. The summed E-state index contributed by atoms with van der Waals surface area (Å²) in [6, 6.07) is 3.62. The van der Waals surface area contributed by atoms with Gasteiger partial charge in [0, 0.05) is 38.4 Å². The highest BCUT2D eigenvalue weighted by Crippen LogP contribution is 2.27. The first-order valence-corrected chi connectivity index (χ1v) is 8.34. The highest BCUT2D eigenvalue weighted by Gasteiger charge is 2.18. The molecule has 0 fully saturated rings. The van der Waals surface area contributed by atoms with Gasteiger partial charge in [0.1, 0.15) is 5.69 Å². The van der Waals surface area contributed by atoms with E-state index >= 15 is 0 Å². The summed E-state index contributed by atoms with van der Waals surface area (Å²) in [4.78, 5) is 21.4. The first kappa shape index (κ1) is 17.9. The Morgan fingerprint density at radius 1 is 1.36 bits per heavy atom. The molecule has 0 aromatic heterocycles. The molecule has 22 heavy (non-hydrogen) atoms. The smallest absolute Gasteiger partial charge is 0.293 e. The molecule has 122 valence electrons. The van der Waals surface area contributed by atoms with Crippen molar-refractivity contribution < 1.29 is 18.1 Å². The van der Waals surface area contributed by atoms with Crippen LogP contribution in [-0.2, 0) is 14.6 Å². The fraction of sp³-hybridized carbons (Fsp3) is 0.417. The Morgan fingerprint density at radius 3 is 2.59 bits per heavy atom. The number of hydrogen-bond acceptors (Lipinski definition) is 7. The van der Waals surface area contributed by atoms with Crippen molar-refractivity contribution in [2.75, 3.05) is 31.2 Å². The van der Waals surface area contributed by atoms with Crippen molar-refractivity contribution in [3.63, 3.8) is 0 Å². The van der Waals surface area contributed by atoms with E-state index in [1.807, 2.05) is 0 Å². The topological polar surface area (TPSA) is 144 Å². The number of carbonyl (C=O) groups is 1. The predicted octanol–water partition coefficient (Wildman–Crippen LogP) is -0.125. The Balaban J connectivity index is 2.75. The Kier molecular flexibility index (Phi) is 6.25. The third-order valence-corrected chi connectivity index (χ3v) is 3.84. The first-order valence-electron chi connectivity index (χ1n) is 6.45. The van der Waals surface area contributed by atoms with Gasteiger partial charge in [-0.15, -0.1) is 0 Å². The molecule has 9 nitrogen and oxygen atoms in total. The number of nitrogens with one attached hydrogen (secondary N) is 2. The third kappa shape index (κ3) is 5.30. The highest BCUT2D eigenvalue weighted by molar-refractivity contribution is 7.90. The highest BCUT2D eigenvalue weighted by atomic mass is 32.2. The van der Waals surface area contributed by atoms with Crippen molar-refractivity contribution in [3.8, 4) is 0 Å². The molecule has 0 aliphatic carbocycles. The van der Waals surface area contributed by atoms with Crippen LogP contribution in [0.3, 0.4) is 0 Å². The lowest BCUT2D eigenvalue weighted by Gasteiger charge is -2.09. The van der Waals surface area contributed by atoms with Crippen molar-refractivity contribution >= 4 is 27.1 Å². The van der Waals surface area contributed by atoms with Crippen LogP contribution < -0.4 is 16.4 Å². The maximum absolute atomic E-state index is 11.4. The molecule has 0 spiro atoms. The van der Waals surface area contributed by atoms with E-state index in [0.717, 1.165) is 12.3 Å². The van der Waals surface area contributed by atoms with Crippen LogP contribution in [0.1, 0.15) is 6.42 Å². The summed E-state index contributed by atoms with van der Waals surface area (Å²) >= 11 is 0. The lowest BCUT2D eigenvalue weighted by atomic mass is 10.2. The maximum Gasteiger partial charge on any atom is 0.293 e. The molecule has 0 aliphatic rings. The van der Waals surface area contributed by atoms with Crippen LogP contribution in [0.2, 0.25) is 0 Å². The largest absolute Gasteiger partial charge is 0.378 e. The molecule has 0 radical (unpaired) electrons. The van der Waals surface area contributed by atoms with Gasteiger partial charge >= 0.3 is 0 Å². The summed E-state index contributed by atoms with van der Waals surface area (Å²) in [7, 11) is -3.52. The first-order chi connectivity index (χ1) is 10.3. The third-order valence-electron chi connectivity index (χ3n) is 2.73. The number of rotatable bonds is 8. The molecule has 1 amide bonds.